The number of hydrogen-bond donors (Lipinski definition) is 1. The maximum absolute atomic E-state index is 13.0. The molecule has 8 nitrogen and oxygen atoms in total. The van der Waals surface area contributed by atoms with Crippen LogP contribution in [0.25, 0.3) is 10.2 Å². The molecule has 0 aliphatic heterocycles. The quantitative estimate of drug-likeness (QED) is 0.599. The molecule has 0 fully saturated rings. The molecule has 3 aromatic rings. The first kappa shape index (κ1) is 20.8. The van der Waals surface area contributed by atoms with Crippen LogP contribution in [-0.2, 0) is 16.6 Å². The zero-order valence-corrected chi connectivity index (χ0v) is 17.4. The summed E-state index contributed by atoms with van der Waals surface area (Å²) in [5.74, 6) is 0.132. The monoisotopic (exact) mass is 433 g/mol. The van der Waals surface area contributed by atoms with Gasteiger partial charge >= 0.3 is 0 Å². The number of methoxy groups -OCH3 is 2. The van der Waals surface area contributed by atoms with Crippen molar-refractivity contribution in [1.82, 2.24) is 4.57 Å². The number of rotatable bonds is 6. The van der Waals surface area contributed by atoms with Crippen molar-refractivity contribution in [2.45, 2.75) is 11.4 Å². The summed E-state index contributed by atoms with van der Waals surface area (Å²) < 4.78 is 36.2. The molecule has 0 spiro atoms. The lowest BCUT2D eigenvalue weighted by molar-refractivity contribution is 0.0992. The summed E-state index contributed by atoms with van der Waals surface area (Å²) in [5.41, 5.74) is 0.908. The number of thiazole rings is 1. The molecule has 0 aliphatic carbocycles. The third-order valence-electron chi connectivity index (χ3n) is 4.13. The summed E-state index contributed by atoms with van der Waals surface area (Å²) in [7, 11) is -0.936. The Morgan fingerprint density at radius 2 is 1.90 bits per heavy atom. The van der Waals surface area contributed by atoms with Gasteiger partial charge in [0.2, 0.25) is 10.0 Å². The zero-order chi connectivity index (χ0) is 21.2. The van der Waals surface area contributed by atoms with Crippen LogP contribution in [0.2, 0.25) is 0 Å². The summed E-state index contributed by atoms with van der Waals surface area (Å²) in [5, 5.41) is 5.22. The Labute approximate surface area is 171 Å². The molecule has 2 N–H and O–H groups in total. The largest absolute Gasteiger partial charge is 0.496 e. The van der Waals surface area contributed by atoms with Gasteiger partial charge in [-0.15, -0.1) is 6.58 Å². The lowest BCUT2D eigenvalue weighted by Gasteiger charge is -2.09. The highest BCUT2D eigenvalue weighted by Crippen LogP contribution is 2.29. The lowest BCUT2D eigenvalue weighted by atomic mass is 10.1. The third-order valence-corrected chi connectivity index (χ3v) is 6.09. The summed E-state index contributed by atoms with van der Waals surface area (Å²) in [6.07, 6.45) is 1.66. The molecule has 10 heteroatoms. The van der Waals surface area contributed by atoms with Gasteiger partial charge in [-0.3, -0.25) is 4.79 Å². The van der Waals surface area contributed by atoms with Crippen LogP contribution in [0.15, 0.2) is 58.9 Å². The highest BCUT2D eigenvalue weighted by atomic mass is 32.2. The predicted octanol–water partition coefficient (Wildman–Crippen LogP) is 2.29. The minimum atomic E-state index is -3.85. The Hall–Kier alpha value is -2.95. The third kappa shape index (κ3) is 4.09. The molecule has 0 aliphatic rings. The molecule has 0 atom stereocenters. The Bertz CT molecular complexity index is 1250. The maximum atomic E-state index is 13.0. The molecule has 152 valence electrons. The van der Waals surface area contributed by atoms with Crippen molar-refractivity contribution in [1.29, 1.82) is 0 Å². The van der Waals surface area contributed by atoms with Gasteiger partial charge in [-0.25, -0.2) is 13.6 Å². The second-order valence-electron chi connectivity index (χ2n) is 5.91. The van der Waals surface area contributed by atoms with Gasteiger partial charge in [-0.05, 0) is 30.3 Å². The van der Waals surface area contributed by atoms with Crippen molar-refractivity contribution in [3.63, 3.8) is 0 Å². The van der Waals surface area contributed by atoms with Crippen LogP contribution in [-0.4, -0.2) is 33.1 Å². The maximum Gasteiger partial charge on any atom is 0.287 e. The van der Waals surface area contributed by atoms with Crippen LogP contribution in [0.4, 0.5) is 0 Å². The summed E-state index contributed by atoms with van der Waals surface area (Å²) in [4.78, 5) is 17.6. The van der Waals surface area contributed by atoms with E-state index < -0.39 is 15.9 Å². The van der Waals surface area contributed by atoms with Crippen molar-refractivity contribution in [3.05, 3.63) is 59.4 Å². The molecule has 29 heavy (non-hydrogen) atoms. The van der Waals surface area contributed by atoms with E-state index in [0.717, 1.165) is 0 Å². The number of fused-ring (bicyclic) bond motifs is 1. The Morgan fingerprint density at radius 1 is 1.24 bits per heavy atom. The Kier molecular flexibility index (Phi) is 5.87. The van der Waals surface area contributed by atoms with Gasteiger partial charge in [-0.2, -0.15) is 4.99 Å². The van der Waals surface area contributed by atoms with Crippen molar-refractivity contribution >= 4 is 37.5 Å². The van der Waals surface area contributed by atoms with E-state index in [1.807, 2.05) is 0 Å². The van der Waals surface area contributed by atoms with E-state index in [1.165, 1.54) is 37.7 Å². The number of nitrogens with zero attached hydrogens (tertiary/aromatic N) is 2. The molecule has 1 amide bonds. The van der Waals surface area contributed by atoms with Gasteiger partial charge in [-0.1, -0.05) is 23.5 Å². The number of ether oxygens (including phenoxy) is 2. The SMILES string of the molecule is C=CCn1c(=NC(=O)c2c(OC)cccc2OC)sc2cc(S(N)(=O)=O)ccc21. The van der Waals surface area contributed by atoms with Crippen LogP contribution < -0.4 is 19.4 Å². The standard InChI is InChI=1S/C19H19N3O5S2/c1-4-10-22-13-9-8-12(29(20,24)25)11-16(13)28-19(22)21-18(23)17-14(26-2)6-5-7-15(17)27-3/h4-9,11H,1,10H2,2-3H3,(H2,20,24,25). The number of sulfonamides is 1. The van der Waals surface area contributed by atoms with E-state index in [2.05, 4.69) is 11.6 Å². The second kappa shape index (κ2) is 8.19. The van der Waals surface area contributed by atoms with E-state index in [0.29, 0.717) is 33.1 Å². The van der Waals surface area contributed by atoms with Crippen molar-refractivity contribution < 1.29 is 22.7 Å². The lowest BCUT2D eigenvalue weighted by Crippen LogP contribution is -2.17. The molecule has 0 radical (unpaired) electrons. The molecular weight excluding hydrogens is 414 g/mol. The average molecular weight is 434 g/mol. The van der Waals surface area contributed by atoms with E-state index in [1.54, 1.807) is 34.9 Å². The number of carbonyl (C=O) groups excluding carboxylic acids is 1. The highest BCUT2D eigenvalue weighted by molar-refractivity contribution is 7.89. The highest BCUT2D eigenvalue weighted by Gasteiger charge is 2.19. The smallest absolute Gasteiger partial charge is 0.287 e. The summed E-state index contributed by atoms with van der Waals surface area (Å²) in [6, 6.07) is 9.50. The van der Waals surface area contributed by atoms with Crippen LogP contribution in [0, 0.1) is 0 Å². The Balaban J connectivity index is 2.23. The normalized spacial score (nSPS) is 12.2. The van der Waals surface area contributed by atoms with Crippen LogP contribution in [0.5, 0.6) is 11.5 Å². The minimum Gasteiger partial charge on any atom is -0.496 e. The molecule has 2 aromatic carbocycles. The fourth-order valence-electron chi connectivity index (χ4n) is 2.83. The van der Waals surface area contributed by atoms with Crippen LogP contribution in [0.1, 0.15) is 10.4 Å². The zero-order valence-electron chi connectivity index (χ0n) is 15.8. The van der Waals surface area contributed by atoms with Crippen LogP contribution in [0.3, 0.4) is 0 Å². The van der Waals surface area contributed by atoms with E-state index >= 15 is 0 Å². The number of amides is 1. The number of hydrogen-bond acceptors (Lipinski definition) is 6. The summed E-state index contributed by atoms with van der Waals surface area (Å²) in [6.45, 7) is 4.11. The number of aromatic nitrogens is 1. The van der Waals surface area contributed by atoms with Crippen molar-refractivity contribution in [2.24, 2.45) is 10.1 Å². The van der Waals surface area contributed by atoms with E-state index in [9.17, 15) is 13.2 Å². The molecule has 0 saturated carbocycles. The molecule has 0 unspecified atom stereocenters. The second-order valence-corrected chi connectivity index (χ2v) is 8.48. The van der Waals surface area contributed by atoms with Gasteiger partial charge < -0.3 is 14.0 Å². The van der Waals surface area contributed by atoms with Gasteiger partial charge in [0.1, 0.15) is 17.1 Å². The fraction of sp³-hybridized carbons (Fsp3) is 0.158. The number of nitrogens with two attached hydrogens (primary N) is 1. The number of primary sulfonamides is 1. The first-order valence-corrected chi connectivity index (χ1v) is 10.7. The van der Waals surface area contributed by atoms with Crippen LogP contribution >= 0.6 is 11.3 Å². The van der Waals surface area contributed by atoms with Gasteiger partial charge in [0, 0.05) is 6.54 Å². The van der Waals surface area contributed by atoms with Gasteiger partial charge in [0.05, 0.1) is 29.3 Å². The number of carbonyl (C=O) groups is 1. The van der Waals surface area contributed by atoms with E-state index in [4.69, 9.17) is 14.6 Å². The summed E-state index contributed by atoms with van der Waals surface area (Å²) >= 11 is 1.17. The average Bonchev–Trinajstić information content (AvgIpc) is 3.03. The molecule has 3 rings (SSSR count). The Morgan fingerprint density at radius 3 is 2.45 bits per heavy atom. The van der Waals surface area contributed by atoms with Gasteiger partial charge in [0.25, 0.3) is 5.91 Å². The molecular formula is C19H19N3O5S2. The molecule has 1 heterocycles. The molecule has 1 aromatic heterocycles. The topological polar surface area (TPSA) is 113 Å². The number of benzene rings is 2. The first-order chi connectivity index (χ1) is 13.8. The molecule has 0 bridgehead atoms. The first-order valence-electron chi connectivity index (χ1n) is 8.37. The van der Waals surface area contributed by atoms with Gasteiger partial charge in [0.15, 0.2) is 4.80 Å². The van der Waals surface area contributed by atoms with E-state index in [-0.39, 0.29) is 10.5 Å². The van der Waals surface area contributed by atoms with Crippen molar-refractivity contribution in [2.75, 3.05) is 14.2 Å². The van der Waals surface area contributed by atoms with Crippen molar-refractivity contribution in [3.8, 4) is 11.5 Å². The minimum absolute atomic E-state index is 0.0127. The predicted molar refractivity (Wildman–Crippen MR) is 111 cm³/mol. The number of allylic oxidation sites excluding steroid dienone is 1. The fourth-order valence-corrected chi connectivity index (χ4v) is 4.52. The molecule has 0 saturated heterocycles.